The molecule has 0 aromatic rings. The lowest BCUT2D eigenvalue weighted by Gasteiger charge is -2.34. The van der Waals surface area contributed by atoms with Crippen molar-refractivity contribution in [2.75, 3.05) is 11.0 Å². The van der Waals surface area contributed by atoms with Crippen LogP contribution in [-0.4, -0.2) is 22.9 Å². The molecule has 0 aromatic heterocycles. The van der Waals surface area contributed by atoms with Gasteiger partial charge in [-0.25, -0.2) is 9.78 Å². The van der Waals surface area contributed by atoms with Crippen LogP contribution < -0.4 is 0 Å². The highest BCUT2D eigenvalue weighted by Crippen LogP contribution is 2.24. The second kappa shape index (κ2) is 7.84. The topological polar surface area (TPSA) is 27.7 Å². The molecular weight excluding hydrogens is 319 g/mol. The van der Waals surface area contributed by atoms with Crippen molar-refractivity contribution in [3.8, 4) is 0 Å². The van der Waals surface area contributed by atoms with Crippen LogP contribution in [0.3, 0.4) is 0 Å². The van der Waals surface area contributed by atoms with Crippen molar-refractivity contribution in [2.45, 2.75) is 64.3 Å². The van der Waals surface area contributed by atoms with E-state index >= 15 is 0 Å². The number of rotatable bonds is 7. The molecule has 1 aliphatic heterocycles. The summed E-state index contributed by atoms with van der Waals surface area (Å²) in [6, 6.07) is 0. The Hall–Kier alpha value is 0.610. The Morgan fingerprint density at radius 2 is 2.00 bits per heavy atom. The molecule has 0 spiro atoms. The van der Waals surface area contributed by atoms with Crippen molar-refractivity contribution < 1.29 is 14.5 Å². The fraction of sp³-hybridized carbons (Fsp3) is 1.00. The Labute approximate surface area is 112 Å². The van der Waals surface area contributed by atoms with Gasteiger partial charge >= 0.3 is 0 Å². The van der Waals surface area contributed by atoms with E-state index in [2.05, 4.69) is 29.5 Å². The van der Waals surface area contributed by atoms with Gasteiger partial charge in [0.25, 0.3) is 0 Å². The molecule has 0 aliphatic carbocycles. The molecule has 1 heterocycles. The smallest absolute Gasteiger partial charge is 0.191 e. The zero-order chi connectivity index (χ0) is 11.9. The number of alkyl halides is 1. The third-order valence-corrected chi connectivity index (χ3v) is 4.37. The van der Waals surface area contributed by atoms with Crippen molar-refractivity contribution in [3.63, 3.8) is 0 Å². The third kappa shape index (κ3) is 5.29. The van der Waals surface area contributed by atoms with Gasteiger partial charge in [-0.3, -0.25) is 0 Å². The molecule has 1 rings (SSSR count). The van der Waals surface area contributed by atoms with Crippen LogP contribution in [0.4, 0.5) is 0 Å². The average Bonchev–Trinajstić information content (AvgIpc) is 2.31. The maximum atomic E-state index is 5.64. The van der Waals surface area contributed by atoms with Gasteiger partial charge in [0.2, 0.25) is 0 Å². The summed E-state index contributed by atoms with van der Waals surface area (Å²) in [5.41, 5.74) is -0.265. The first kappa shape index (κ1) is 14.7. The molecule has 0 saturated carbocycles. The predicted octanol–water partition coefficient (Wildman–Crippen LogP) is 3.85. The van der Waals surface area contributed by atoms with E-state index in [1.165, 1.54) is 25.7 Å². The summed E-state index contributed by atoms with van der Waals surface area (Å²) in [7, 11) is 0. The average molecular weight is 342 g/mol. The SMILES string of the molecule is CCCCCCCC1OCC(C)(CI)OO1. The van der Waals surface area contributed by atoms with Crippen LogP contribution in [0.2, 0.25) is 0 Å². The molecule has 1 fully saturated rings. The number of ether oxygens (including phenoxy) is 1. The molecule has 2 unspecified atom stereocenters. The van der Waals surface area contributed by atoms with Gasteiger partial charge in [0.1, 0.15) is 5.60 Å². The molecule has 96 valence electrons. The minimum absolute atomic E-state index is 0.155. The van der Waals surface area contributed by atoms with Gasteiger partial charge in [0.15, 0.2) is 6.29 Å². The van der Waals surface area contributed by atoms with Gasteiger partial charge in [-0.05, 0) is 13.3 Å². The van der Waals surface area contributed by atoms with Gasteiger partial charge in [-0.2, -0.15) is 0 Å². The quantitative estimate of drug-likeness (QED) is 0.304. The zero-order valence-corrected chi connectivity index (χ0v) is 12.5. The largest absolute Gasteiger partial charge is 0.347 e. The molecule has 1 aliphatic rings. The second-order valence-electron chi connectivity index (χ2n) is 4.71. The van der Waals surface area contributed by atoms with E-state index in [4.69, 9.17) is 14.5 Å². The van der Waals surface area contributed by atoms with Crippen molar-refractivity contribution in [1.29, 1.82) is 0 Å². The van der Waals surface area contributed by atoms with E-state index in [1.54, 1.807) is 0 Å². The highest BCUT2D eigenvalue weighted by atomic mass is 127. The van der Waals surface area contributed by atoms with E-state index < -0.39 is 0 Å². The summed E-state index contributed by atoms with van der Waals surface area (Å²) in [6.45, 7) is 4.87. The summed E-state index contributed by atoms with van der Waals surface area (Å²) in [6.07, 6.45) is 7.15. The summed E-state index contributed by atoms with van der Waals surface area (Å²) in [4.78, 5) is 10.6. The Morgan fingerprint density at radius 1 is 1.25 bits per heavy atom. The van der Waals surface area contributed by atoms with Gasteiger partial charge in [-0.1, -0.05) is 55.2 Å². The summed E-state index contributed by atoms with van der Waals surface area (Å²) in [5.74, 6) is 0. The number of unbranched alkanes of at least 4 members (excludes halogenated alkanes) is 4. The Kier molecular flexibility index (Phi) is 7.19. The molecule has 0 radical (unpaired) electrons. The molecule has 0 aromatic carbocycles. The number of hydrogen-bond acceptors (Lipinski definition) is 3. The second-order valence-corrected chi connectivity index (χ2v) is 5.47. The van der Waals surface area contributed by atoms with Crippen LogP contribution in [-0.2, 0) is 14.5 Å². The summed E-state index contributed by atoms with van der Waals surface area (Å²) >= 11 is 2.29. The lowest BCUT2D eigenvalue weighted by Crippen LogP contribution is -2.44. The van der Waals surface area contributed by atoms with E-state index in [0.29, 0.717) is 6.61 Å². The molecule has 4 heteroatoms. The summed E-state index contributed by atoms with van der Waals surface area (Å²) < 4.78 is 6.52. The Morgan fingerprint density at radius 3 is 2.56 bits per heavy atom. The van der Waals surface area contributed by atoms with Crippen molar-refractivity contribution in [3.05, 3.63) is 0 Å². The number of hydrogen-bond donors (Lipinski definition) is 0. The lowest BCUT2D eigenvalue weighted by atomic mass is 10.1. The third-order valence-electron chi connectivity index (χ3n) is 2.76. The van der Waals surface area contributed by atoms with Gasteiger partial charge in [-0.15, -0.1) is 0 Å². The fourth-order valence-electron chi connectivity index (χ4n) is 1.60. The van der Waals surface area contributed by atoms with Crippen LogP contribution in [0, 0.1) is 0 Å². The maximum Gasteiger partial charge on any atom is 0.191 e. The van der Waals surface area contributed by atoms with Gasteiger partial charge in [0.05, 0.1) is 6.61 Å². The standard InChI is InChI=1S/C12H23IO3/c1-3-4-5-6-7-8-11-14-10-12(2,9-13)16-15-11/h11H,3-10H2,1-2H3. The monoisotopic (exact) mass is 342 g/mol. The first-order valence-corrected chi connectivity index (χ1v) is 7.75. The fourth-order valence-corrected chi connectivity index (χ4v) is 1.95. The van der Waals surface area contributed by atoms with E-state index in [9.17, 15) is 0 Å². The summed E-state index contributed by atoms with van der Waals surface area (Å²) in [5, 5.41) is 0. The zero-order valence-electron chi connectivity index (χ0n) is 10.3. The van der Waals surface area contributed by atoms with E-state index in [0.717, 1.165) is 17.3 Å². The first-order chi connectivity index (χ1) is 7.70. The first-order valence-electron chi connectivity index (χ1n) is 6.22. The minimum atomic E-state index is -0.265. The minimum Gasteiger partial charge on any atom is -0.347 e. The van der Waals surface area contributed by atoms with Crippen molar-refractivity contribution >= 4 is 22.6 Å². The molecule has 16 heavy (non-hydrogen) atoms. The normalized spacial score (nSPS) is 30.6. The number of halogens is 1. The molecule has 2 atom stereocenters. The molecule has 0 N–H and O–H groups in total. The van der Waals surface area contributed by atoms with Crippen LogP contribution in [0.1, 0.15) is 52.4 Å². The van der Waals surface area contributed by atoms with Crippen LogP contribution in [0.15, 0.2) is 0 Å². The molecular formula is C12H23IO3. The molecule has 1 saturated heterocycles. The van der Waals surface area contributed by atoms with E-state index in [1.807, 2.05) is 6.92 Å². The predicted molar refractivity (Wildman–Crippen MR) is 72.6 cm³/mol. The Balaban J connectivity index is 2.04. The highest BCUT2D eigenvalue weighted by molar-refractivity contribution is 14.1. The van der Waals surface area contributed by atoms with Crippen LogP contribution >= 0.6 is 22.6 Å². The van der Waals surface area contributed by atoms with Gasteiger partial charge < -0.3 is 4.74 Å². The highest BCUT2D eigenvalue weighted by Gasteiger charge is 2.33. The molecule has 0 amide bonds. The molecule has 0 bridgehead atoms. The van der Waals surface area contributed by atoms with Crippen molar-refractivity contribution in [2.24, 2.45) is 0 Å². The van der Waals surface area contributed by atoms with Gasteiger partial charge in [0, 0.05) is 10.8 Å². The van der Waals surface area contributed by atoms with Crippen LogP contribution in [0.5, 0.6) is 0 Å². The van der Waals surface area contributed by atoms with Crippen LogP contribution in [0.25, 0.3) is 0 Å². The Bertz CT molecular complexity index is 179. The molecule has 3 nitrogen and oxygen atoms in total. The van der Waals surface area contributed by atoms with Crippen molar-refractivity contribution in [1.82, 2.24) is 0 Å². The maximum absolute atomic E-state index is 5.64. The van der Waals surface area contributed by atoms with E-state index in [-0.39, 0.29) is 11.9 Å². The lowest BCUT2D eigenvalue weighted by molar-refractivity contribution is -0.463.